The monoisotopic (exact) mass is 489 g/mol. The Morgan fingerprint density at radius 1 is 0.889 bits per heavy atom. The number of aromatic nitrogens is 6. The number of rotatable bonds is 5. The van der Waals surface area contributed by atoms with Crippen LogP contribution in [-0.2, 0) is 0 Å². The van der Waals surface area contributed by atoms with Crippen molar-refractivity contribution in [2.24, 2.45) is 0 Å². The number of nitrogens with one attached hydrogen (secondary N) is 1. The zero-order valence-electron chi connectivity index (χ0n) is 19.2. The maximum Gasteiger partial charge on any atom is 0.267 e. The van der Waals surface area contributed by atoms with E-state index in [-0.39, 0.29) is 5.91 Å². The second kappa shape index (κ2) is 9.12. The minimum Gasteiger partial charge on any atom is -0.321 e. The van der Waals surface area contributed by atoms with Crippen molar-refractivity contribution >= 4 is 28.6 Å². The zero-order chi connectivity index (χ0) is 24.5. The number of nitrogens with zero attached hydrogens (tertiary/aromatic N) is 6. The molecule has 8 nitrogen and oxygen atoms in total. The topological polar surface area (TPSA) is 98.0 Å². The highest BCUT2D eigenvalue weighted by atomic mass is 32.1. The molecular formula is C27H19N7OS. The second-order valence-corrected chi connectivity index (χ2v) is 9.09. The van der Waals surface area contributed by atoms with Crippen LogP contribution in [0.3, 0.4) is 0 Å². The molecule has 0 atom stereocenters. The molecule has 174 valence electrons. The van der Waals surface area contributed by atoms with E-state index >= 15 is 0 Å². The third kappa shape index (κ3) is 4.12. The highest BCUT2D eigenvalue weighted by Gasteiger charge is 2.17. The molecule has 4 aromatic heterocycles. The van der Waals surface area contributed by atoms with E-state index in [1.54, 1.807) is 16.9 Å². The van der Waals surface area contributed by atoms with Gasteiger partial charge in [0.2, 0.25) is 0 Å². The van der Waals surface area contributed by atoms with Crippen molar-refractivity contribution in [3.05, 3.63) is 102 Å². The first kappa shape index (κ1) is 21.8. The van der Waals surface area contributed by atoms with Crippen LogP contribution in [0.1, 0.15) is 15.4 Å². The summed E-state index contributed by atoms with van der Waals surface area (Å²) in [6.07, 6.45) is 3.44. The van der Waals surface area contributed by atoms with Crippen molar-refractivity contribution in [1.82, 2.24) is 29.8 Å². The average molecular weight is 490 g/mol. The molecule has 0 spiro atoms. The van der Waals surface area contributed by atoms with E-state index in [4.69, 9.17) is 5.10 Å². The molecule has 4 heterocycles. The summed E-state index contributed by atoms with van der Waals surface area (Å²) in [4.78, 5) is 22.4. The van der Waals surface area contributed by atoms with Crippen LogP contribution in [-0.4, -0.2) is 35.7 Å². The van der Waals surface area contributed by atoms with Crippen molar-refractivity contribution in [2.45, 2.75) is 6.92 Å². The Hall–Kier alpha value is -4.76. The van der Waals surface area contributed by atoms with Gasteiger partial charge in [0.1, 0.15) is 9.88 Å². The third-order valence-electron chi connectivity index (χ3n) is 5.62. The molecule has 6 rings (SSSR count). The molecule has 0 bridgehead atoms. The van der Waals surface area contributed by atoms with Gasteiger partial charge in [-0.3, -0.25) is 9.78 Å². The van der Waals surface area contributed by atoms with Crippen LogP contribution in [0, 0.1) is 6.92 Å². The number of thiazole rings is 1. The largest absolute Gasteiger partial charge is 0.321 e. The fraction of sp³-hybridized carbons (Fsp3) is 0.0370. The predicted octanol–water partition coefficient (Wildman–Crippen LogP) is 5.54. The number of benzene rings is 2. The minimum absolute atomic E-state index is 0.189. The van der Waals surface area contributed by atoms with Gasteiger partial charge < -0.3 is 5.32 Å². The molecule has 1 N–H and O–H groups in total. The Kier molecular flexibility index (Phi) is 5.51. The molecule has 0 saturated heterocycles. The van der Waals surface area contributed by atoms with Crippen LogP contribution in [0.25, 0.3) is 38.9 Å². The molecule has 0 aliphatic carbocycles. The SMILES string of the molecule is Cc1nc(-c2ccccc2)sc1C(=O)Nc1cccc(-c2ccc3nnc(-c4cccnc4)n3n2)c1. The highest BCUT2D eigenvalue weighted by molar-refractivity contribution is 7.17. The van der Waals surface area contributed by atoms with Gasteiger partial charge in [-0.2, -0.15) is 9.61 Å². The number of aryl methyl sites for hydroxylation is 1. The normalized spacial score (nSPS) is 11.0. The predicted molar refractivity (Wildman–Crippen MR) is 140 cm³/mol. The van der Waals surface area contributed by atoms with Gasteiger partial charge in [0.05, 0.1) is 11.4 Å². The maximum absolute atomic E-state index is 13.1. The van der Waals surface area contributed by atoms with Crippen molar-refractivity contribution in [3.8, 4) is 33.2 Å². The summed E-state index contributed by atoms with van der Waals surface area (Å²) in [6.45, 7) is 1.85. The van der Waals surface area contributed by atoms with E-state index in [1.807, 2.05) is 85.8 Å². The van der Waals surface area contributed by atoms with E-state index in [2.05, 4.69) is 25.5 Å². The first-order chi connectivity index (χ1) is 17.7. The van der Waals surface area contributed by atoms with Crippen LogP contribution in [0.5, 0.6) is 0 Å². The van der Waals surface area contributed by atoms with E-state index in [0.717, 1.165) is 27.4 Å². The van der Waals surface area contributed by atoms with Gasteiger partial charge in [-0.15, -0.1) is 21.5 Å². The minimum atomic E-state index is -0.189. The summed E-state index contributed by atoms with van der Waals surface area (Å²) in [6, 6.07) is 25.0. The number of carbonyl (C=O) groups excluding carboxylic acids is 1. The standard InChI is InChI=1S/C27H19N7OS/c1-17-24(36-27(29-17)18-7-3-2-4-8-18)26(35)30-21-11-5-9-19(15-21)22-12-13-23-31-32-25(34(23)33-22)20-10-6-14-28-16-20/h2-16H,1H3,(H,30,35). The lowest BCUT2D eigenvalue weighted by Crippen LogP contribution is -2.11. The highest BCUT2D eigenvalue weighted by Crippen LogP contribution is 2.29. The van der Waals surface area contributed by atoms with Gasteiger partial charge in [-0.25, -0.2) is 4.98 Å². The van der Waals surface area contributed by atoms with Crippen molar-refractivity contribution < 1.29 is 4.79 Å². The van der Waals surface area contributed by atoms with Gasteiger partial charge in [0, 0.05) is 34.8 Å². The van der Waals surface area contributed by atoms with Gasteiger partial charge in [0.15, 0.2) is 11.5 Å². The molecule has 9 heteroatoms. The molecule has 6 aromatic rings. The number of hydrogen-bond donors (Lipinski definition) is 1. The van der Waals surface area contributed by atoms with Crippen molar-refractivity contribution in [2.75, 3.05) is 5.32 Å². The molecule has 0 aliphatic heterocycles. The number of anilines is 1. The molecule has 0 saturated carbocycles. The van der Waals surface area contributed by atoms with Gasteiger partial charge in [0.25, 0.3) is 5.91 Å². The molecule has 1 amide bonds. The summed E-state index contributed by atoms with van der Waals surface area (Å²) in [5, 5.41) is 17.1. The van der Waals surface area contributed by atoms with Gasteiger partial charge in [-0.1, -0.05) is 42.5 Å². The Balaban J connectivity index is 1.28. The lowest BCUT2D eigenvalue weighted by molar-refractivity contribution is 0.103. The molecule has 0 aliphatic rings. The summed E-state index contributed by atoms with van der Waals surface area (Å²) >= 11 is 1.38. The molecule has 0 fully saturated rings. The number of hydrogen-bond acceptors (Lipinski definition) is 7. The Morgan fingerprint density at radius 3 is 2.56 bits per heavy atom. The van der Waals surface area contributed by atoms with E-state index in [9.17, 15) is 4.79 Å². The number of pyridine rings is 1. The number of carbonyl (C=O) groups is 1. The molecule has 0 radical (unpaired) electrons. The van der Waals surface area contributed by atoms with E-state index in [1.165, 1.54) is 11.3 Å². The third-order valence-corrected chi connectivity index (χ3v) is 6.83. The van der Waals surface area contributed by atoms with Gasteiger partial charge >= 0.3 is 0 Å². The van der Waals surface area contributed by atoms with Gasteiger partial charge in [-0.05, 0) is 43.3 Å². The Bertz CT molecular complexity index is 1690. The number of amides is 1. The van der Waals surface area contributed by atoms with Crippen LogP contribution >= 0.6 is 11.3 Å². The Morgan fingerprint density at radius 2 is 1.72 bits per heavy atom. The summed E-state index contributed by atoms with van der Waals surface area (Å²) < 4.78 is 1.70. The smallest absolute Gasteiger partial charge is 0.267 e. The van der Waals surface area contributed by atoms with E-state index in [0.29, 0.717) is 27.7 Å². The second-order valence-electron chi connectivity index (χ2n) is 8.09. The fourth-order valence-electron chi connectivity index (χ4n) is 3.87. The van der Waals surface area contributed by atoms with Crippen LogP contribution in [0.4, 0.5) is 5.69 Å². The zero-order valence-corrected chi connectivity index (χ0v) is 20.0. The molecule has 0 unspecified atom stereocenters. The van der Waals surface area contributed by atoms with Crippen molar-refractivity contribution in [1.29, 1.82) is 0 Å². The van der Waals surface area contributed by atoms with E-state index < -0.39 is 0 Å². The first-order valence-corrected chi connectivity index (χ1v) is 12.0. The first-order valence-electron chi connectivity index (χ1n) is 11.2. The lowest BCUT2D eigenvalue weighted by Gasteiger charge is -2.07. The number of fused-ring (bicyclic) bond motifs is 1. The molecular weight excluding hydrogens is 470 g/mol. The van der Waals surface area contributed by atoms with Crippen LogP contribution < -0.4 is 5.32 Å². The quantitative estimate of drug-likeness (QED) is 0.342. The van der Waals surface area contributed by atoms with Crippen LogP contribution in [0.2, 0.25) is 0 Å². The van der Waals surface area contributed by atoms with Crippen LogP contribution in [0.15, 0.2) is 91.3 Å². The fourth-order valence-corrected chi connectivity index (χ4v) is 4.84. The summed E-state index contributed by atoms with van der Waals surface area (Å²) in [7, 11) is 0. The van der Waals surface area contributed by atoms with Crippen molar-refractivity contribution in [3.63, 3.8) is 0 Å². The maximum atomic E-state index is 13.1. The Labute approximate surface area is 210 Å². The molecule has 2 aromatic carbocycles. The summed E-state index contributed by atoms with van der Waals surface area (Å²) in [5.74, 6) is 0.421. The summed E-state index contributed by atoms with van der Waals surface area (Å²) in [5.41, 5.74) is 5.41. The lowest BCUT2D eigenvalue weighted by atomic mass is 10.1. The molecule has 36 heavy (non-hydrogen) atoms. The average Bonchev–Trinajstić information content (AvgIpc) is 3.53.